The third-order valence-corrected chi connectivity index (χ3v) is 12.2. The molecule has 25 heteroatoms. The number of ether oxygens (including phenoxy) is 3. The molecule has 0 aromatic carbocycles. The van der Waals surface area contributed by atoms with Crippen LogP contribution in [0.4, 0.5) is 11.8 Å². The van der Waals surface area contributed by atoms with E-state index in [9.17, 15) is 23.8 Å². The Bertz CT molecular complexity index is 2310. The van der Waals surface area contributed by atoms with Crippen molar-refractivity contribution in [3.8, 4) is 0 Å². The second-order valence-corrected chi connectivity index (χ2v) is 16.9. The topological polar surface area (TPSA) is 304 Å². The molecule has 2 aliphatic carbocycles. The second kappa shape index (κ2) is 13.7. The lowest BCUT2D eigenvalue weighted by molar-refractivity contribution is -0.161. The Labute approximate surface area is 311 Å². The zero-order chi connectivity index (χ0) is 39.0. The number of H-pyrrole nitrogens is 1. The first-order valence-electron chi connectivity index (χ1n) is 16.9. The van der Waals surface area contributed by atoms with Crippen molar-refractivity contribution in [2.45, 2.75) is 63.6 Å². The molecule has 6 N–H and O–H groups in total. The van der Waals surface area contributed by atoms with E-state index in [1.807, 2.05) is 0 Å². The van der Waals surface area contributed by atoms with Gasteiger partial charge in [0.05, 0.1) is 36.1 Å². The fourth-order valence-corrected chi connectivity index (χ4v) is 9.46. The Balaban J connectivity index is 1.18. The molecule has 8 rings (SSSR count). The summed E-state index contributed by atoms with van der Waals surface area (Å²) in [6.07, 6.45) is -0.219. The molecule has 6 heterocycles. The Morgan fingerprint density at radius 1 is 1.16 bits per heavy atom. The Morgan fingerprint density at radius 2 is 1.93 bits per heavy atom. The normalized spacial score (nSPS) is 34.4. The lowest BCUT2D eigenvalue weighted by atomic mass is 9.68. The van der Waals surface area contributed by atoms with Crippen LogP contribution in [-0.2, 0) is 50.8 Å². The van der Waals surface area contributed by atoms with E-state index in [4.69, 9.17) is 48.3 Å². The van der Waals surface area contributed by atoms with Crippen molar-refractivity contribution in [2.75, 3.05) is 38.6 Å². The number of imidazole rings is 2. The average molecular weight is 808 g/mol. The summed E-state index contributed by atoms with van der Waals surface area (Å²) in [4.78, 5) is 48.6. The third kappa shape index (κ3) is 6.33. The number of nitrogen functional groups attached to an aromatic ring is 2. The number of carbonyl (C=O) groups is 1. The fraction of sp³-hybridized carbons (Fsp3) is 0.567. The van der Waals surface area contributed by atoms with Gasteiger partial charge in [0, 0.05) is 17.6 Å². The van der Waals surface area contributed by atoms with E-state index >= 15 is 0 Å². The highest BCUT2D eigenvalue weighted by Crippen LogP contribution is 2.63. The van der Waals surface area contributed by atoms with Crippen molar-refractivity contribution < 1.29 is 55.9 Å². The molecular formula is C30H37N10O13P2+. The van der Waals surface area contributed by atoms with Gasteiger partial charge in [-0.05, 0) is 20.8 Å². The van der Waals surface area contributed by atoms with Crippen molar-refractivity contribution in [1.82, 2.24) is 39.0 Å². The summed E-state index contributed by atoms with van der Waals surface area (Å²) in [7, 11) is -6.52. The van der Waals surface area contributed by atoms with Gasteiger partial charge in [-0.25, -0.2) is 29.0 Å². The van der Waals surface area contributed by atoms with Gasteiger partial charge in [0.25, 0.3) is 5.56 Å². The number of hydrogen-bond donors (Lipinski definition) is 4. The van der Waals surface area contributed by atoms with E-state index in [0.717, 1.165) is 0 Å². The molecule has 11 atom stereocenters. The predicted octanol–water partition coefficient (Wildman–Crippen LogP) is 1.27. The summed E-state index contributed by atoms with van der Waals surface area (Å²) in [5.74, 6) is -1.39. The number of fused-ring (bicyclic) bond motifs is 4. The van der Waals surface area contributed by atoms with Crippen LogP contribution in [0.15, 0.2) is 35.9 Å². The standard InChI is InChI=1S/C30H36N10O13P2/c1-29(2,3)27(43)47-12-50-55(45)49-8-30-6-5-13(30)17(39-10-35-15-22(31)33-9-34-23(15)39)18(41)21(30)52-54(44)48-7-14-19(46-4)20(53-55)26(51-14)40-11-36-16-24(40)37-28(32)38-25(16)42/h5-6,9-11,13-14,17-21,26,41H,7-8,12H2,1-4H3,(H4-,31,32,33,34,37,38,42)/p+1. The van der Waals surface area contributed by atoms with Crippen LogP contribution < -0.4 is 17.0 Å². The number of allylic oxidation sites excluding steroid dienone is 1. The highest BCUT2D eigenvalue weighted by Gasteiger charge is 2.67. The predicted molar refractivity (Wildman–Crippen MR) is 185 cm³/mol. The molecule has 0 radical (unpaired) electrons. The molecule has 4 aromatic heterocycles. The lowest BCUT2D eigenvalue weighted by Crippen LogP contribution is -2.45. The van der Waals surface area contributed by atoms with Crippen LogP contribution in [0.1, 0.15) is 33.0 Å². The molecule has 0 amide bonds. The number of rotatable bonds is 6. The number of nitrogens with zero attached hydrogens (tertiary/aromatic N) is 7. The minimum atomic E-state index is -4.87. The Morgan fingerprint density at radius 3 is 2.65 bits per heavy atom. The largest absolute Gasteiger partial charge is 0.697 e. The average Bonchev–Trinajstić information content (AvgIpc) is 3.85. The molecule has 294 valence electrons. The maximum atomic E-state index is 14.9. The molecule has 55 heavy (non-hydrogen) atoms. The monoisotopic (exact) mass is 807 g/mol. The van der Waals surface area contributed by atoms with Gasteiger partial charge >= 0.3 is 22.0 Å². The molecule has 4 aliphatic rings. The molecule has 4 aromatic rings. The smallest absolute Gasteiger partial charge is 0.437 e. The number of aliphatic hydroxyl groups excluding tert-OH is 1. The summed E-state index contributed by atoms with van der Waals surface area (Å²) in [5, 5.41) is 11.9. The van der Waals surface area contributed by atoms with Crippen molar-refractivity contribution >= 4 is 56.1 Å². The second-order valence-electron chi connectivity index (χ2n) is 14.4. The molecule has 3 fully saturated rings. The first kappa shape index (κ1) is 37.6. The minimum Gasteiger partial charge on any atom is -0.437 e. The van der Waals surface area contributed by atoms with E-state index in [1.165, 1.54) is 30.7 Å². The van der Waals surface area contributed by atoms with E-state index in [1.54, 1.807) is 37.5 Å². The minimum absolute atomic E-state index is 0.0169. The number of hydrogen-bond acceptors (Lipinski definition) is 20. The van der Waals surface area contributed by atoms with Crippen LogP contribution >= 0.6 is 16.1 Å². The zero-order valence-electron chi connectivity index (χ0n) is 29.7. The van der Waals surface area contributed by atoms with E-state index in [0.29, 0.717) is 11.2 Å². The third-order valence-electron chi connectivity index (χ3n) is 10.1. The lowest BCUT2D eigenvalue weighted by Gasteiger charge is -2.41. The van der Waals surface area contributed by atoms with E-state index < -0.39 is 107 Å². The van der Waals surface area contributed by atoms with Crippen LogP contribution in [-0.4, -0.2) is 108 Å². The van der Waals surface area contributed by atoms with Gasteiger partial charge in [-0.1, -0.05) is 12.2 Å². The number of esters is 1. The van der Waals surface area contributed by atoms with Crippen molar-refractivity contribution in [2.24, 2.45) is 16.7 Å². The summed E-state index contributed by atoms with van der Waals surface area (Å²) >= 11 is 0. The molecule has 23 nitrogen and oxygen atoms in total. The molecule has 2 bridgehead atoms. The van der Waals surface area contributed by atoms with Crippen LogP contribution in [0.5, 0.6) is 0 Å². The SMILES string of the molecule is COC1C2CO[P+](=O)OC3C(O)C(n4cnc5c(N)ncnc54)C4C=CC43COP(=O)(OCOC(=O)C(C)(C)C)OC1C(n1cnc3c(=O)[nH]c(N)nc31)O2. The molecule has 1 saturated carbocycles. The van der Waals surface area contributed by atoms with Gasteiger partial charge in [-0.15, -0.1) is 9.05 Å². The van der Waals surface area contributed by atoms with Crippen molar-refractivity contribution in [3.63, 3.8) is 0 Å². The molecule has 2 aliphatic heterocycles. The van der Waals surface area contributed by atoms with Crippen LogP contribution in [0.25, 0.3) is 22.3 Å². The van der Waals surface area contributed by atoms with E-state index in [-0.39, 0.29) is 22.9 Å². The number of nitrogens with one attached hydrogen (secondary N) is 1. The number of anilines is 2. The number of nitrogens with two attached hydrogens (primary N) is 2. The molecule has 2 saturated heterocycles. The molecule has 1 spiro atoms. The quantitative estimate of drug-likeness (QED) is 0.0922. The van der Waals surface area contributed by atoms with Gasteiger partial charge in [-0.2, -0.15) is 4.98 Å². The highest BCUT2D eigenvalue weighted by molar-refractivity contribution is 7.48. The van der Waals surface area contributed by atoms with E-state index in [2.05, 4.69) is 29.9 Å². The Kier molecular flexibility index (Phi) is 9.39. The molecule has 11 unspecified atom stereocenters. The summed E-state index contributed by atoms with van der Waals surface area (Å²) in [6.45, 7) is 3.07. The zero-order valence-corrected chi connectivity index (χ0v) is 31.4. The van der Waals surface area contributed by atoms with Gasteiger partial charge in [0.2, 0.25) is 12.7 Å². The first-order chi connectivity index (χ1) is 26.1. The maximum absolute atomic E-state index is 14.9. The van der Waals surface area contributed by atoms with Gasteiger partial charge in [0.1, 0.15) is 42.9 Å². The van der Waals surface area contributed by atoms with Crippen molar-refractivity contribution in [3.05, 3.63) is 41.5 Å². The number of aromatic amines is 1. The first-order valence-corrected chi connectivity index (χ1v) is 19.4. The van der Waals surface area contributed by atoms with Crippen LogP contribution in [0.2, 0.25) is 0 Å². The number of phosphoric ester groups is 1. The van der Waals surface area contributed by atoms with Crippen LogP contribution in [0.3, 0.4) is 0 Å². The van der Waals surface area contributed by atoms with Crippen molar-refractivity contribution in [1.29, 1.82) is 0 Å². The number of carbonyl (C=O) groups excluding carboxylic acids is 1. The highest BCUT2D eigenvalue weighted by atomic mass is 31.2. The molecular weight excluding hydrogens is 770 g/mol. The number of aliphatic hydroxyl groups is 1. The summed E-state index contributed by atoms with van der Waals surface area (Å²) in [5.41, 5.74) is 9.48. The Hall–Kier alpha value is -4.28. The summed E-state index contributed by atoms with van der Waals surface area (Å²) in [6, 6.07) is -0.831. The number of phosphoric acid groups is 1. The maximum Gasteiger partial charge on any atom is 0.697 e. The summed E-state index contributed by atoms with van der Waals surface area (Å²) < 4.78 is 78.3. The van der Waals surface area contributed by atoms with Gasteiger partial charge in [0.15, 0.2) is 35.0 Å². The van der Waals surface area contributed by atoms with Crippen LogP contribution in [0, 0.1) is 16.7 Å². The van der Waals surface area contributed by atoms with Gasteiger partial charge in [-0.3, -0.25) is 28.2 Å². The van der Waals surface area contributed by atoms with Gasteiger partial charge < -0.3 is 35.4 Å². The number of methoxy groups -OCH3 is 1. The fourth-order valence-electron chi connectivity index (χ4n) is 7.34. The number of aromatic nitrogens is 8.